The minimum Gasteiger partial charge on any atom is -0.253 e. The van der Waals surface area contributed by atoms with E-state index in [1.54, 1.807) is 24.8 Å². The summed E-state index contributed by atoms with van der Waals surface area (Å²) in [6.07, 6.45) is 6.79. The number of hydrogen-bond donors (Lipinski definition) is 0. The van der Waals surface area contributed by atoms with Gasteiger partial charge in [-0.3, -0.25) is 19.9 Å². The maximum Gasteiger partial charge on any atom is 0.0886 e. The molecular weight excluding hydrogens is 248 g/mol. The number of hydrogen-bond acceptors (Lipinski definition) is 4. The van der Waals surface area contributed by atoms with E-state index in [9.17, 15) is 0 Å². The van der Waals surface area contributed by atoms with E-state index >= 15 is 0 Å². The summed E-state index contributed by atoms with van der Waals surface area (Å²) < 4.78 is 0. The van der Waals surface area contributed by atoms with E-state index in [0.29, 0.717) is 0 Å². The van der Waals surface area contributed by atoms with Crippen LogP contribution < -0.4 is 0 Å². The van der Waals surface area contributed by atoms with Gasteiger partial charge in [0.05, 0.1) is 22.1 Å². The summed E-state index contributed by atoms with van der Waals surface area (Å²) in [7, 11) is 0. The van der Waals surface area contributed by atoms with Gasteiger partial charge in [-0.1, -0.05) is 24.3 Å². The van der Waals surface area contributed by atoms with Gasteiger partial charge in [0.2, 0.25) is 0 Å². The summed E-state index contributed by atoms with van der Waals surface area (Å²) in [4.78, 5) is 16.5. The first-order chi connectivity index (χ1) is 9.93. The summed E-state index contributed by atoms with van der Waals surface area (Å²) in [6, 6.07) is 15.6. The van der Waals surface area contributed by atoms with Gasteiger partial charge in [-0.15, -0.1) is 0 Å². The molecule has 0 N–H and O–H groups in total. The third-order valence-corrected chi connectivity index (χ3v) is 2.75. The topological polar surface area (TPSA) is 51.6 Å². The van der Waals surface area contributed by atoms with Crippen molar-refractivity contribution in [1.29, 1.82) is 0 Å². The van der Waals surface area contributed by atoms with E-state index in [0.717, 1.165) is 22.1 Å². The summed E-state index contributed by atoms with van der Waals surface area (Å²) >= 11 is 0. The van der Waals surface area contributed by atoms with Gasteiger partial charge in [0, 0.05) is 24.8 Å². The fraction of sp³-hybridized carbons (Fsp3) is 0. The highest BCUT2D eigenvalue weighted by molar-refractivity contribution is 5.73. The van der Waals surface area contributed by atoms with Crippen LogP contribution in [-0.2, 0) is 0 Å². The molecule has 4 aromatic rings. The van der Waals surface area contributed by atoms with Gasteiger partial charge >= 0.3 is 0 Å². The predicted molar refractivity (Wildman–Crippen MR) is 79.1 cm³/mol. The van der Waals surface area contributed by atoms with Crippen LogP contribution in [-0.4, -0.2) is 19.9 Å². The molecule has 0 radical (unpaired) electrons. The number of fused-ring (bicyclic) bond motifs is 2. The SMILES string of the molecule is c1ccc2nccnc2c1.c1ccc2nccnc2c1. The lowest BCUT2D eigenvalue weighted by Gasteiger charge is -1.90. The Bertz CT molecular complexity index is 628. The molecule has 0 aliphatic heterocycles. The molecule has 4 rings (SSSR count). The first-order valence-electron chi connectivity index (χ1n) is 6.25. The van der Waals surface area contributed by atoms with Crippen molar-refractivity contribution < 1.29 is 0 Å². The maximum absolute atomic E-state index is 4.12. The highest BCUT2D eigenvalue weighted by Crippen LogP contribution is 2.05. The number of para-hydroxylation sites is 4. The molecule has 0 aliphatic rings. The van der Waals surface area contributed by atoms with E-state index in [1.807, 2.05) is 48.5 Å². The lowest BCUT2D eigenvalue weighted by molar-refractivity contribution is 1.29. The third-order valence-electron chi connectivity index (χ3n) is 2.75. The molecular formula is C16H12N4. The van der Waals surface area contributed by atoms with Crippen LogP contribution in [0.2, 0.25) is 0 Å². The quantitative estimate of drug-likeness (QED) is 0.487. The van der Waals surface area contributed by atoms with Crippen LogP contribution >= 0.6 is 0 Å². The van der Waals surface area contributed by atoms with Gasteiger partial charge < -0.3 is 0 Å². The Kier molecular flexibility index (Phi) is 3.55. The smallest absolute Gasteiger partial charge is 0.0886 e. The minimum absolute atomic E-state index is 0.949. The summed E-state index contributed by atoms with van der Waals surface area (Å²) in [6.45, 7) is 0. The summed E-state index contributed by atoms with van der Waals surface area (Å²) in [5.41, 5.74) is 3.80. The Balaban J connectivity index is 0.000000121. The Hall–Kier alpha value is -2.88. The predicted octanol–water partition coefficient (Wildman–Crippen LogP) is 3.26. The molecule has 0 spiro atoms. The molecule has 0 saturated carbocycles. The molecule has 2 aromatic heterocycles. The van der Waals surface area contributed by atoms with Crippen LogP contribution in [0.5, 0.6) is 0 Å². The highest BCUT2D eigenvalue weighted by Gasteiger charge is 1.89. The van der Waals surface area contributed by atoms with Crippen LogP contribution in [0.4, 0.5) is 0 Å². The Morgan fingerprint density at radius 3 is 0.900 bits per heavy atom. The molecule has 2 aromatic carbocycles. The van der Waals surface area contributed by atoms with E-state index < -0.39 is 0 Å². The van der Waals surface area contributed by atoms with Crippen molar-refractivity contribution in [1.82, 2.24) is 19.9 Å². The standard InChI is InChI=1S/2C8H6N2/c2*1-2-4-8-7(3-1)9-5-6-10-8/h2*1-6H. The van der Waals surface area contributed by atoms with Crippen molar-refractivity contribution in [3.63, 3.8) is 0 Å². The van der Waals surface area contributed by atoms with Crippen LogP contribution in [0.3, 0.4) is 0 Å². The fourth-order valence-corrected chi connectivity index (χ4v) is 1.82. The molecule has 0 atom stereocenters. The van der Waals surface area contributed by atoms with Gasteiger partial charge in [-0.05, 0) is 24.3 Å². The van der Waals surface area contributed by atoms with E-state index in [-0.39, 0.29) is 0 Å². The Labute approximate surface area is 116 Å². The van der Waals surface area contributed by atoms with Crippen LogP contribution in [0, 0.1) is 0 Å². The average Bonchev–Trinajstić information content (AvgIpc) is 2.56. The summed E-state index contributed by atoms with van der Waals surface area (Å²) in [5, 5.41) is 0. The van der Waals surface area contributed by atoms with Gasteiger partial charge in [0.25, 0.3) is 0 Å². The van der Waals surface area contributed by atoms with Gasteiger partial charge in [0.1, 0.15) is 0 Å². The molecule has 0 unspecified atom stereocenters. The minimum atomic E-state index is 0.949. The second-order valence-electron chi connectivity index (χ2n) is 4.09. The molecule has 0 aliphatic carbocycles. The second kappa shape index (κ2) is 5.84. The van der Waals surface area contributed by atoms with E-state index in [2.05, 4.69) is 19.9 Å². The zero-order chi connectivity index (χ0) is 13.6. The molecule has 4 nitrogen and oxygen atoms in total. The molecule has 4 heteroatoms. The van der Waals surface area contributed by atoms with Crippen molar-refractivity contribution in [2.24, 2.45) is 0 Å². The largest absolute Gasteiger partial charge is 0.253 e. The third kappa shape index (κ3) is 2.75. The van der Waals surface area contributed by atoms with Crippen molar-refractivity contribution in [2.45, 2.75) is 0 Å². The molecule has 0 amide bonds. The lowest BCUT2D eigenvalue weighted by Crippen LogP contribution is -1.78. The number of benzene rings is 2. The molecule has 2 heterocycles. The second-order valence-corrected chi connectivity index (χ2v) is 4.09. The molecule has 20 heavy (non-hydrogen) atoms. The highest BCUT2D eigenvalue weighted by atomic mass is 14.8. The van der Waals surface area contributed by atoms with E-state index in [4.69, 9.17) is 0 Å². The first-order valence-corrected chi connectivity index (χ1v) is 6.25. The van der Waals surface area contributed by atoms with Crippen molar-refractivity contribution in [3.05, 3.63) is 73.3 Å². The Morgan fingerprint density at radius 1 is 0.400 bits per heavy atom. The van der Waals surface area contributed by atoms with E-state index in [1.165, 1.54) is 0 Å². The molecule has 0 fully saturated rings. The number of aromatic nitrogens is 4. The number of nitrogens with zero attached hydrogens (tertiary/aromatic N) is 4. The van der Waals surface area contributed by atoms with Gasteiger partial charge in [0.15, 0.2) is 0 Å². The maximum atomic E-state index is 4.12. The Morgan fingerprint density at radius 2 is 0.650 bits per heavy atom. The zero-order valence-corrected chi connectivity index (χ0v) is 10.7. The molecule has 96 valence electrons. The average molecular weight is 260 g/mol. The van der Waals surface area contributed by atoms with Crippen LogP contribution in [0.15, 0.2) is 73.3 Å². The molecule has 0 saturated heterocycles. The van der Waals surface area contributed by atoms with Crippen molar-refractivity contribution >= 4 is 22.1 Å². The van der Waals surface area contributed by atoms with Crippen LogP contribution in [0.25, 0.3) is 22.1 Å². The van der Waals surface area contributed by atoms with Gasteiger partial charge in [-0.25, -0.2) is 0 Å². The van der Waals surface area contributed by atoms with Crippen LogP contribution in [0.1, 0.15) is 0 Å². The zero-order valence-electron chi connectivity index (χ0n) is 10.7. The molecule has 0 bridgehead atoms. The lowest BCUT2D eigenvalue weighted by atomic mass is 10.3. The summed E-state index contributed by atoms with van der Waals surface area (Å²) in [5.74, 6) is 0. The van der Waals surface area contributed by atoms with Gasteiger partial charge in [-0.2, -0.15) is 0 Å². The van der Waals surface area contributed by atoms with Crippen molar-refractivity contribution in [2.75, 3.05) is 0 Å². The monoisotopic (exact) mass is 260 g/mol. The first kappa shape index (κ1) is 12.2. The normalized spacial score (nSPS) is 10.0. The van der Waals surface area contributed by atoms with Crippen molar-refractivity contribution in [3.8, 4) is 0 Å². The number of rotatable bonds is 0. The fourth-order valence-electron chi connectivity index (χ4n) is 1.82.